The lowest BCUT2D eigenvalue weighted by Crippen LogP contribution is -2.38. The maximum Gasteiger partial charge on any atom is 0.251 e. The molecule has 31 heavy (non-hydrogen) atoms. The average Bonchev–Trinajstić information content (AvgIpc) is 3.28. The summed E-state index contributed by atoms with van der Waals surface area (Å²) in [7, 11) is 3.81. The second-order valence-electron chi connectivity index (χ2n) is 7.73. The molecular formula is C24H33IN4O2. The molecule has 0 aliphatic carbocycles. The number of nitrogens with one attached hydrogen (secondary N) is 2. The molecule has 1 aliphatic rings. The maximum absolute atomic E-state index is 12.5. The van der Waals surface area contributed by atoms with E-state index >= 15 is 0 Å². The number of hydrogen-bond acceptors (Lipinski definition) is 3. The summed E-state index contributed by atoms with van der Waals surface area (Å²) in [6.07, 6.45) is 2.23. The Balaban J connectivity index is 0.00000341. The zero-order valence-electron chi connectivity index (χ0n) is 18.6. The lowest BCUT2D eigenvalue weighted by Gasteiger charge is -2.23. The summed E-state index contributed by atoms with van der Waals surface area (Å²) in [6.45, 7) is 4.85. The van der Waals surface area contributed by atoms with Gasteiger partial charge in [-0.1, -0.05) is 36.4 Å². The third-order valence-electron chi connectivity index (χ3n) is 5.40. The van der Waals surface area contributed by atoms with Gasteiger partial charge in [-0.15, -0.1) is 24.0 Å². The second-order valence-corrected chi connectivity index (χ2v) is 7.73. The van der Waals surface area contributed by atoms with E-state index in [-0.39, 0.29) is 36.0 Å². The number of nitrogens with zero attached hydrogens (tertiary/aromatic N) is 2. The van der Waals surface area contributed by atoms with Crippen molar-refractivity contribution in [2.24, 2.45) is 4.99 Å². The molecule has 0 spiro atoms. The molecule has 0 aromatic heterocycles. The minimum Gasteiger partial charge on any atom is -0.376 e. The van der Waals surface area contributed by atoms with Gasteiger partial charge in [0.25, 0.3) is 5.91 Å². The number of aryl methyl sites for hydroxylation is 1. The Bertz CT molecular complexity index is 881. The van der Waals surface area contributed by atoms with Gasteiger partial charge >= 0.3 is 0 Å². The van der Waals surface area contributed by atoms with E-state index in [0.717, 1.165) is 37.5 Å². The topological polar surface area (TPSA) is 66.0 Å². The third kappa shape index (κ3) is 7.50. The van der Waals surface area contributed by atoms with Crippen molar-refractivity contribution in [1.29, 1.82) is 0 Å². The molecule has 7 heteroatoms. The number of carbonyl (C=O) groups excluding carboxylic acids is 1. The molecule has 1 fully saturated rings. The van der Waals surface area contributed by atoms with Crippen LogP contribution in [0, 0.1) is 6.92 Å². The minimum atomic E-state index is -0.0617. The van der Waals surface area contributed by atoms with Crippen LogP contribution in [0.25, 0.3) is 0 Å². The van der Waals surface area contributed by atoms with Crippen molar-refractivity contribution in [1.82, 2.24) is 15.5 Å². The number of halogens is 1. The van der Waals surface area contributed by atoms with E-state index in [1.165, 1.54) is 11.1 Å². The highest BCUT2D eigenvalue weighted by molar-refractivity contribution is 14.0. The number of aliphatic imine (C=N–C) groups is 1. The molecule has 1 saturated heterocycles. The third-order valence-corrected chi connectivity index (χ3v) is 5.40. The molecular weight excluding hydrogens is 503 g/mol. The quantitative estimate of drug-likeness (QED) is 0.322. The van der Waals surface area contributed by atoms with E-state index in [4.69, 9.17) is 4.74 Å². The van der Waals surface area contributed by atoms with Gasteiger partial charge in [0.05, 0.1) is 6.10 Å². The van der Waals surface area contributed by atoms with Gasteiger partial charge in [-0.25, -0.2) is 0 Å². The molecule has 1 atom stereocenters. The molecule has 2 N–H and O–H groups in total. The number of guanidine groups is 1. The predicted octanol–water partition coefficient (Wildman–Crippen LogP) is 3.73. The Hall–Kier alpha value is -2.13. The lowest BCUT2D eigenvalue weighted by molar-refractivity contribution is 0.0857. The lowest BCUT2D eigenvalue weighted by atomic mass is 10.1. The molecule has 168 valence electrons. The van der Waals surface area contributed by atoms with Gasteiger partial charge in [-0.05, 0) is 48.6 Å². The molecule has 2 aromatic rings. The highest BCUT2D eigenvalue weighted by Gasteiger charge is 2.17. The number of hydrogen-bond donors (Lipinski definition) is 2. The van der Waals surface area contributed by atoms with Crippen molar-refractivity contribution in [3.8, 4) is 0 Å². The number of ether oxygens (including phenoxy) is 1. The minimum absolute atomic E-state index is 0. The Kier molecular flexibility index (Phi) is 10.3. The van der Waals surface area contributed by atoms with Crippen molar-refractivity contribution < 1.29 is 9.53 Å². The molecule has 2 aromatic carbocycles. The summed E-state index contributed by atoms with van der Waals surface area (Å²) in [5.41, 5.74) is 4.23. The summed E-state index contributed by atoms with van der Waals surface area (Å²) in [6, 6.07) is 16.1. The number of carbonyl (C=O) groups is 1. The molecule has 3 rings (SSSR count). The van der Waals surface area contributed by atoms with Crippen molar-refractivity contribution in [2.45, 2.75) is 39.0 Å². The number of benzene rings is 2. The summed E-state index contributed by atoms with van der Waals surface area (Å²) in [4.78, 5) is 19.0. The van der Waals surface area contributed by atoms with Gasteiger partial charge in [0.2, 0.25) is 0 Å². The zero-order valence-corrected chi connectivity index (χ0v) is 20.9. The molecule has 1 unspecified atom stereocenters. The fraction of sp³-hybridized carbons (Fsp3) is 0.417. The van der Waals surface area contributed by atoms with Crippen LogP contribution in [0.5, 0.6) is 0 Å². The molecule has 6 nitrogen and oxygen atoms in total. The fourth-order valence-corrected chi connectivity index (χ4v) is 3.62. The van der Waals surface area contributed by atoms with Gasteiger partial charge in [0.1, 0.15) is 0 Å². The van der Waals surface area contributed by atoms with Crippen LogP contribution in [-0.2, 0) is 17.8 Å². The van der Waals surface area contributed by atoms with Gasteiger partial charge in [-0.2, -0.15) is 0 Å². The SMILES string of the molecule is CN=C(NCc1cccc(C(=O)NCC2CCCO2)c1)N(C)Cc1ccccc1C.I. The van der Waals surface area contributed by atoms with Crippen LogP contribution < -0.4 is 10.6 Å². The molecule has 1 aliphatic heterocycles. The first-order valence-electron chi connectivity index (χ1n) is 10.5. The van der Waals surface area contributed by atoms with Crippen molar-refractivity contribution in [2.75, 3.05) is 27.2 Å². The monoisotopic (exact) mass is 536 g/mol. The van der Waals surface area contributed by atoms with Crippen LogP contribution in [0.2, 0.25) is 0 Å². The molecule has 0 radical (unpaired) electrons. The maximum atomic E-state index is 12.5. The van der Waals surface area contributed by atoms with Gasteiger partial charge in [-0.3, -0.25) is 9.79 Å². The predicted molar refractivity (Wildman–Crippen MR) is 136 cm³/mol. The Morgan fingerprint density at radius 3 is 2.71 bits per heavy atom. The van der Waals surface area contributed by atoms with Crippen LogP contribution in [0.3, 0.4) is 0 Å². The summed E-state index contributed by atoms with van der Waals surface area (Å²) >= 11 is 0. The van der Waals surface area contributed by atoms with E-state index in [0.29, 0.717) is 18.7 Å². The van der Waals surface area contributed by atoms with Gasteiger partial charge in [0.15, 0.2) is 5.96 Å². The van der Waals surface area contributed by atoms with Crippen LogP contribution in [0.4, 0.5) is 0 Å². The van der Waals surface area contributed by atoms with Crippen LogP contribution >= 0.6 is 24.0 Å². The summed E-state index contributed by atoms with van der Waals surface area (Å²) < 4.78 is 5.57. The van der Waals surface area contributed by atoms with E-state index < -0.39 is 0 Å². The molecule has 1 heterocycles. The standard InChI is InChI=1S/C24H32N4O2.HI/c1-18-8-4-5-10-21(18)17-28(3)24(25-2)27-15-19-9-6-11-20(14-19)23(29)26-16-22-12-7-13-30-22;/h4-6,8-11,14,22H,7,12-13,15-17H2,1-3H3,(H,25,27)(H,26,29);1H. The van der Waals surface area contributed by atoms with E-state index in [1.54, 1.807) is 7.05 Å². The highest BCUT2D eigenvalue weighted by Crippen LogP contribution is 2.12. The Morgan fingerprint density at radius 2 is 2.00 bits per heavy atom. The second kappa shape index (κ2) is 12.7. The van der Waals surface area contributed by atoms with Gasteiger partial charge in [0, 0.05) is 45.9 Å². The van der Waals surface area contributed by atoms with Crippen LogP contribution in [0.1, 0.15) is 39.9 Å². The van der Waals surface area contributed by atoms with Crippen molar-refractivity contribution >= 4 is 35.8 Å². The highest BCUT2D eigenvalue weighted by atomic mass is 127. The first kappa shape index (κ1) is 25.1. The average molecular weight is 536 g/mol. The molecule has 0 bridgehead atoms. The first-order chi connectivity index (χ1) is 14.6. The van der Waals surface area contributed by atoms with Gasteiger partial charge < -0.3 is 20.3 Å². The van der Waals surface area contributed by atoms with E-state index in [9.17, 15) is 4.79 Å². The Labute approximate surface area is 202 Å². The number of rotatable bonds is 7. The smallest absolute Gasteiger partial charge is 0.251 e. The van der Waals surface area contributed by atoms with Crippen molar-refractivity contribution in [3.05, 3.63) is 70.8 Å². The van der Waals surface area contributed by atoms with E-state index in [1.807, 2.05) is 31.3 Å². The summed E-state index contributed by atoms with van der Waals surface area (Å²) in [5.74, 6) is 0.750. The normalized spacial score (nSPS) is 15.8. The van der Waals surface area contributed by atoms with E-state index in [2.05, 4.69) is 51.7 Å². The number of amides is 1. The van der Waals surface area contributed by atoms with Crippen LogP contribution in [-0.4, -0.2) is 50.1 Å². The molecule has 0 saturated carbocycles. The molecule has 1 amide bonds. The Morgan fingerprint density at radius 1 is 1.19 bits per heavy atom. The van der Waals surface area contributed by atoms with Crippen LogP contribution in [0.15, 0.2) is 53.5 Å². The zero-order chi connectivity index (χ0) is 21.3. The van der Waals surface area contributed by atoms with Crippen molar-refractivity contribution in [3.63, 3.8) is 0 Å². The fourth-order valence-electron chi connectivity index (χ4n) is 3.62. The largest absolute Gasteiger partial charge is 0.376 e. The first-order valence-corrected chi connectivity index (χ1v) is 10.5. The summed E-state index contributed by atoms with van der Waals surface area (Å²) in [5, 5.41) is 6.37.